The molecule has 0 aliphatic rings. The maximum absolute atomic E-state index is 13.2. The molecule has 3 aromatic carbocycles. The number of aromatic nitrogens is 3. The predicted molar refractivity (Wildman–Crippen MR) is 151 cm³/mol. The number of pyridine rings is 1. The van der Waals surface area contributed by atoms with Gasteiger partial charge >= 0.3 is 6.03 Å². The van der Waals surface area contributed by atoms with Crippen LogP contribution in [0.5, 0.6) is 0 Å². The molecule has 0 aliphatic heterocycles. The van der Waals surface area contributed by atoms with Gasteiger partial charge in [0.1, 0.15) is 5.82 Å². The van der Waals surface area contributed by atoms with E-state index in [2.05, 4.69) is 60.7 Å². The number of nitrogens with zero attached hydrogens (tertiary/aromatic N) is 3. The van der Waals surface area contributed by atoms with Crippen molar-refractivity contribution in [2.75, 3.05) is 10.6 Å². The number of anilines is 2. The van der Waals surface area contributed by atoms with Gasteiger partial charge in [-0.1, -0.05) is 57.2 Å². The van der Waals surface area contributed by atoms with E-state index in [0.717, 1.165) is 39.8 Å². The first-order valence-corrected chi connectivity index (χ1v) is 11.9. The Labute approximate surface area is 249 Å². The van der Waals surface area contributed by atoms with Crippen LogP contribution in [-0.4, -0.2) is 20.8 Å². The second-order valence-electron chi connectivity index (χ2n) is 9.77. The quantitative estimate of drug-likeness (QED) is 0.217. The third kappa shape index (κ3) is 6.55. The Morgan fingerprint density at radius 1 is 0.947 bits per heavy atom. The van der Waals surface area contributed by atoms with Crippen molar-refractivity contribution in [1.82, 2.24) is 14.8 Å². The van der Waals surface area contributed by atoms with Gasteiger partial charge in [0.05, 0.1) is 11.4 Å². The average molecular weight is 579 g/mol. The number of amides is 2. The number of nitrogens with one attached hydrogen (secondary N) is 2. The van der Waals surface area contributed by atoms with Gasteiger partial charge in [-0.3, -0.25) is 10.3 Å². The van der Waals surface area contributed by atoms with Crippen LogP contribution in [0.1, 0.15) is 37.6 Å². The number of urea groups is 1. The molecule has 2 heterocycles. The number of fused-ring (bicyclic) bond motifs is 1. The second kappa shape index (κ2) is 12.5. The van der Waals surface area contributed by atoms with E-state index < -0.39 is 0 Å². The van der Waals surface area contributed by atoms with Gasteiger partial charge in [0, 0.05) is 62.0 Å². The number of hydrogen-bond acceptors (Lipinski definition) is 3. The van der Waals surface area contributed by atoms with E-state index in [1.165, 1.54) is 5.56 Å². The minimum atomic E-state index is -0.329. The summed E-state index contributed by atoms with van der Waals surface area (Å²) in [5, 5.41) is 12.9. The molecule has 5 rings (SSSR count). The summed E-state index contributed by atoms with van der Waals surface area (Å²) in [6.07, 6.45) is 4.43. The summed E-state index contributed by atoms with van der Waals surface area (Å²) in [4.78, 5) is 17.4. The van der Waals surface area contributed by atoms with Crippen LogP contribution < -0.4 is 10.6 Å². The van der Waals surface area contributed by atoms with Gasteiger partial charge in [-0.2, -0.15) is 23.3 Å². The second-order valence-corrected chi connectivity index (χ2v) is 9.77. The predicted octanol–water partition coefficient (Wildman–Crippen LogP) is 7.20. The van der Waals surface area contributed by atoms with Crippen LogP contribution in [0, 0.1) is 13.5 Å². The number of rotatable bonds is 5. The molecular weight excluding hydrogens is 547 g/mol. The van der Waals surface area contributed by atoms with Crippen molar-refractivity contribution < 1.29 is 37.5 Å². The molecule has 0 aliphatic carbocycles. The fourth-order valence-corrected chi connectivity index (χ4v) is 4.17. The van der Waals surface area contributed by atoms with Gasteiger partial charge in [-0.25, -0.2) is 9.48 Å². The molecular formula is C31H31N5OY-2. The maximum Gasteiger partial charge on any atom is 0.324 e. The summed E-state index contributed by atoms with van der Waals surface area (Å²) < 4.78 is 1.75. The van der Waals surface area contributed by atoms with E-state index in [4.69, 9.17) is 5.10 Å². The van der Waals surface area contributed by atoms with E-state index in [9.17, 15) is 4.79 Å². The van der Waals surface area contributed by atoms with Gasteiger partial charge in [-0.05, 0) is 40.8 Å². The molecule has 5 aromatic rings. The smallest absolute Gasteiger partial charge is 0.324 e. The zero-order valence-electron chi connectivity index (χ0n) is 22.2. The van der Waals surface area contributed by atoms with E-state index >= 15 is 0 Å². The first-order chi connectivity index (χ1) is 17.4. The van der Waals surface area contributed by atoms with Crippen molar-refractivity contribution in [3.63, 3.8) is 0 Å². The van der Waals surface area contributed by atoms with Crippen LogP contribution in [0.25, 0.3) is 16.5 Å². The van der Waals surface area contributed by atoms with Crippen molar-refractivity contribution in [2.24, 2.45) is 0 Å². The third-order valence-corrected chi connectivity index (χ3v) is 6.04. The van der Waals surface area contributed by atoms with Gasteiger partial charge < -0.3 is 12.7 Å². The Kier molecular flexibility index (Phi) is 9.58. The first kappa shape index (κ1) is 29.2. The van der Waals surface area contributed by atoms with Crippen LogP contribution in [0.15, 0.2) is 91.3 Å². The molecule has 0 saturated heterocycles. The Morgan fingerprint density at radius 3 is 2.37 bits per heavy atom. The molecule has 2 N–H and O–H groups in total. The maximum atomic E-state index is 13.2. The van der Waals surface area contributed by atoms with Gasteiger partial charge in [0.2, 0.25) is 0 Å². The molecule has 0 saturated carbocycles. The Morgan fingerprint density at radius 2 is 1.68 bits per heavy atom. The zero-order valence-corrected chi connectivity index (χ0v) is 25.0. The largest absolute Gasteiger partial charge is 0.358 e. The van der Waals surface area contributed by atoms with Gasteiger partial charge in [0.25, 0.3) is 0 Å². The fourth-order valence-electron chi connectivity index (χ4n) is 4.17. The molecule has 0 spiro atoms. The number of carbonyl (C=O) groups is 1. The molecule has 2 aromatic heterocycles. The van der Waals surface area contributed by atoms with E-state index in [1.54, 1.807) is 10.9 Å². The average Bonchev–Trinajstić information content (AvgIpc) is 3.31. The zero-order chi connectivity index (χ0) is 25.1. The molecule has 0 unspecified atom stereocenters. The molecule has 7 heteroatoms. The van der Waals surface area contributed by atoms with Gasteiger partial charge in [0.15, 0.2) is 0 Å². The Balaban J connectivity index is 0.00000200. The van der Waals surface area contributed by atoms with E-state index in [-0.39, 0.29) is 51.6 Å². The molecule has 38 heavy (non-hydrogen) atoms. The topological polar surface area (TPSA) is 71.8 Å². The SMILES string of the molecule is CC(C)(C)c1cc(NC(=O)Nc2ccc(Cc3cccnc3)c3ccccc23)n(-c2cc[c-]cc2)n1.[CH3-].[Y]. The first-order valence-electron chi connectivity index (χ1n) is 11.9. The standard InChI is InChI=1S/C30H28N5O.CH3.Y/c1-30(2,3)27-19-28(35(34-27)23-11-5-4-6-12-23)33-29(36)32-26-16-15-22(18-21-10-9-17-31-20-21)24-13-7-8-14-25(24)26;;/h5-17,19-20H,18H2,1-3H3,(H2,32,33,36);1H3;/q2*-1;. The van der Waals surface area contributed by atoms with Crippen molar-refractivity contribution in [3.05, 3.63) is 122 Å². The van der Waals surface area contributed by atoms with E-state index in [1.807, 2.05) is 66.9 Å². The molecule has 191 valence electrons. The minimum absolute atomic E-state index is 0. The summed E-state index contributed by atoms with van der Waals surface area (Å²) in [7, 11) is 0. The van der Waals surface area contributed by atoms with Crippen molar-refractivity contribution >= 4 is 28.3 Å². The summed E-state index contributed by atoms with van der Waals surface area (Å²) >= 11 is 0. The number of carbonyl (C=O) groups excluding carboxylic acids is 1. The van der Waals surface area contributed by atoms with Gasteiger partial charge in [-0.15, -0.1) is 12.1 Å². The summed E-state index contributed by atoms with van der Waals surface area (Å²) in [5.74, 6) is 0.598. The van der Waals surface area contributed by atoms with Crippen LogP contribution in [0.2, 0.25) is 0 Å². The monoisotopic (exact) mass is 578 g/mol. The van der Waals surface area contributed by atoms with Crippen LogP contribution in [-0.2, 0) is 44.5 Å². The number of hydrogen-bond donors (Lipinski definition) is 2. The van der Waals surface area contributed by atoms with Crippen LogP contribution in [0.3, 0.4) is 0 Å². The van der Waals surface area contributed by atoms with Crippen molar-refractivity contribution in [3.8, 4) is 5.69 Å². The van der Waals surface area contributed by atoms with Crippen LogP contribution >= 0.6 is 0 Å². The molecule has 0 fully saturated rings. The molecule has 6 nitrogen and oxygen atoms in total. The number of benzene rings is 3. The van der Waals surface area contributed by atoms with Crippen molar-refractivity contribution in [1.29, 1.82) is 0 Å². The summed E-state index contributed by atoms with van der Waals surface area (Å²) in [5.41, 5.74) is 4.63. The summed E-state index contributed by atoms with van der Waals surface area (Å²) in [6.45, 7) is 6.30. The normalized spacial score (nSPS) is 10.8. The fraction of sp³-hybridized carbons (Fsp3) is 0.161. The molecule has 0 bridgehead atoms. The molecule has 1 radical (unpaired) electrons. The van der Waals surface area contributed by atoms with E-state index in [0.29, 0.717) is 5.82 Å². The van der Waals surface area contributed by atoms with Crippen LogP contribution in [0.4, 0.5) is 16.3 Å². The Bertz CT molecular complexity index is 1510. The molecule has 0 atom stereocenters. The van der Waals surface area contributed by atoms with Crippen molar-refractivity contribution in [2.45, 2.75) is 32.6 Å². The summed E-state index contributed by atoms with van der Waals surface area (Å²) in [6, 6.07) is 28.3. The Hall–Kier alpha value is -3.35. The minimum Gasteiger partial charge on any atom is -0.358 e. The third-order valence-electron chi connectivity index (χ3n) is 6.04. The molecule has 2 amide bonds.